The topological polar surface area (TPSA) is 51.4 Å². The number of ether oxygens (including phenoxy) is 1. The number of nitrogens with two attached hydrogens (primary N) is 1. The average Bonchev–Trinajstić information content (AvgIpc) is 2.38. The summed E-state index contributed by atoms with van der Waals surface area (Å²) < 4.78 is 5.25. The summed E-state index contributed by atoms with van der Waals surface area (Å²) in [4.78, 5) is 7.29. The first kappa shape index (κ1) is 15.2. The van der Waals surface area contributed by atoms with Crippen molar-refractivity contribution in [2.75, 3.05) is 31.7 Å². The van der Waals surface area contributed by atoms with Crippen LogP contribution in [-0.2, 0) is 4.74 Å². The summed E-state index contributed by atoms with van der Waals surface area (Å²) >= 11 is 5.21. The van der Waals surface area contributed by atoms with E-state index in [0.29, 0.717) is 10.9 Å². The number of hydrogen-bond donors (Lipinski definition) is 1. The minimum atomic E-state index is 0.434. The number of thiocarbonyl (C=S) groups is 1. The van der Waals surface area contributed by atoms with Gasteiger partial charge in [-0.05, 0) is 38.7 Å². The molecule has 4 nitrogen and oxygen atoms in total. The van der Waals surface area contributed by atoms with E-state index in [1.54, 1.807) is 7.11 Å². The van der Waals surface area contributed by atoms with Crippen molar-refractivity contribution in [2.24, 2.45) is 11.7 Å². The Balaban J connectivity index is 2.23. The number of hydrogen-bond acceptors (Lipinski definition) is 4. The first-order valence-corrected chi connectivity index (χ1v) is 7.45. The molecule has 1 aliphatic rings. The summed E-state index contributed by atoms with van der Waals surface area (Å²) in [6, 6.07) is 2.10. The fraction of sp³-hybridized carbons (Fsp3) is 0.600. The molecule has 0 aliphatic carbocycles. The monoisotopic (exact) mass is 293 g/mol. The molecule has 1 aromatic rings. The first-order valence-electron chi connectivity index (χ1n) is 7.05. The van der Waals surface area contributed by atoms with Crippen molar-refractivity contribution in [3.63, 3.8) is 0 Å². The zero-order valence-corrected chi connectivity index (χ0v) is 13.3. The minimum absolute atomic E-state index is 0.434. The molecule has 1 aliphatic heterocycles. The second-order valence-corrected chi connectivity index (χ2v) is 5.93. The van der Waals surface area contributed by atoms with Gasteiger partial charge in [0.1, 0.15) is 4.99 Å². The van der Waals surface area contributed by atoms with Crippen LogP contribution in [0.1, 0.15) is 29.8 Å². The van der Waals surface area contributed by atoms with Gasteiger partial charge in [0.25, 0.3) is 0 Å². The van der Waals surface area contributed by atoms with Crippen LogP contribution < -0.4 is 10.6 Å². The van der Waals surface area contributed by atoms with Crippen LogP contribution >= 0.6 is 12.2 Å². The van der Waals surface area contributed by atoms with Crippen LogP contribution in [0.3, 0.4) is 0 Å². The summed E-state index contributed by atoms with van der Waals surface area (Å²) in [5.74, 6) is 0.661. The molecule has 1 aromatic heterocycles. The van der Waals surface area contributed by atoms with Crippen LogP contribution in [0.25, 0.3) is 0 Å². The second-order valence-electron chi connectivity index (χ2n) is 5.49. The van der Waals surface area contributed by atoms with E-state index in [9.17, 15) is 0 Å². The fourth-order valence-electron chi connectivity index (χ4n) is 2.94. The third-order valence-corrected chi connectivity index (χ3v) is 4.12. The highest BCUT2D eigenvalue weighted by atomic mass is 32.1. The third-order valence-electron chi connectivity index (χ3n) is 3.91. The fourth-order valence-corrected chi connectivity index (χ4v) is 3.19. The minimum Gasteiger partial charge on any atom is -0.389 e. The molecule has 2 N–H and O–H groups in total. The lowest BCUT2D eigenvalue weighted by Gasteiger charge is -2.34. The summed E-state index contributed by atoms with van der Waals surface area (Å²) in [5.41, 5.74) is 9.89. The number of aryl methyl sites for hydroxylation is 2. The number of methoxy groups -OCH3 is 1. The summed E-state index contributed by atoms with van der Waals surface area (Å²) in [7, 11) is 1.77. The number of nitrogens with zero attached hydrogens (tertiary/aromatic N) is 2. The number of pyridine rings is 1. The average molecular weight is 293 g/mol. The maximum absolute atomic E-state index is 5.89. The lowest BCUT2D eigenvalue weighted by atomic mass is 9.96. The highest BCUT2D eigenvalue weighted by Gasteiger charge is 2.23. The van der Waals surface area contributed by atoms with E-state index in [1.807, 2.05) is 13.8 Å². The molecule has 20 heavy (non-hydrogen) atoms. The van der Waals surface area contributed by atoms with E-state index < -0.39 is 0 Å². The number of anilines is 1. The van der Waals surface area contributed by atoms with Gasteiger partial charge in [0.05, 0.1) is 11.3 Å². The highest BCUT2D eigenvalue weighted by molar-refractivity contribution is 7.80. The van der Waals surface area contributed by atoms with Crippen molar-refractivity contribution in [3.8, 4) is 0 Å². The standard InChI is InChI=1S/C15H23N3OS/c1-10-8-13(14(15(16)20)11(2)17-10)18-6-4-12(5-7-18)9-19-3/h8,12H,4-7,9H2,1-3H3,(H2,16,20). The zero-order valence-electron chi connectivity index (χ0n) is 12.5. The number of aromatic nitrogens is 1. The molecular weight excluding hydrogens is 270 g/mol. The second kappa shape index (κ2) is 6.50. The number of rotatable bonds is 4. The normalized spacial score (nSPS) is 16.4. The smallest absolute Gasteiger partial charge is 0.107 e. The molecule has 0 aromatic carbocycles. The summed E-state index contributed by atoms with van der Waals surface area (Å²) in [5, 5.41) is 0. The van der Waals surface area contributed by atoms with Gasteiger partial charge < -0.3 is 15.4 Å². The van der Waals surface area contributed by atoms with Crippen LogP contribution in [0.2, 0.25) is 0 Å². The largest absolute Gasteiger partial charge is 0.389 e. The Morgan fingerprint density at radius 3 is 2.65 bits per heavy atom. The Labute approximate surface area is 126 Å². The molecule has 2 rings (SSSR count). The van der Waals surface area contributed by atoms with Crippen LogP contribution in [0.4, 0.5) is 5.69 Å². The van der Waals surface area contributed by atoms with E-state index in [4.69, 9.17) is 22.7 Å². The quantitative estimate of drug-likeness (QED) is 0.863. The van der Waals surface area contributed by atoms with Gasteiger partial charge in [0.15, 0.2) is 0 Å². The Morgan fingerprint density at radius 2 is 2.10 bits per heavy atom. The van der Waals surface area contributed by atoms with E-state index >= 15 is 0 Å². The van der Waals surface area contributed by atoms with Crippen molar-refractivity contribution in [1.82, 2.24) is 4.98 Å². The predicted octanol–water partition coefficient (Wildman–Crippen LogP) is 2.20. The van der Waals surface area contributed by atoms with E-state index in [1.165, 1.54) is 0 Å². The van der Waals surface area contributed by atoms with Gasteiger partial charge in [0, 0.05) is 38.2 Å². The molecule has 1 saturated heterocycles. The van der Waals surface area contributed by atoms with Crippen molar-refractivity contribution >= 4 is 22.9 Å². The molecule has 0 amide bonds. The van der Waals surface area contributed by atoms with E-state index in [2.05, 4.69) is 16.0 Å². The molecule has 0 unspecified atom stereocenters. The maximum Gasteiger partial charge on any atom is 0.107 e. The van der Waals surface area contributed by atoms with Crippen LogP contribution in [0.5, 0.6) is 0 Å². The molecule has 1 fully saturated rings. The lowest BCUT2D eigenvalue weighted by molar-refractivity contribution is 0.139. The number of piperidine rings is 1. The molecule has 2 heterocycles. The van der Waals surface area contributed by atoms with Crippen molar-refractivity contribution in [3.05, 3.63) is 23.0 Å². The van der Waals surface area contributed by atoms with Gasteiger partial charge in [-0.2, -0.15) is 0 Å². The first-order chi connectivity index (χ1) is 9.52. The van der Waals surface area contributed by atoms with Gasteiger partial charge in [-0.3, -0.25) is 4.98 Å². The third kappa shape index (κ3) is 3.27. The molecule has 0 bridgehead atoms. The van der Waals surface area contributed by atoms with Gasteiger partial charge in [-0.25, -0.2) is 0 Å². The van der Waals surface area contributed by atoms with Crippen LogP contribution in [-0.4, -0.2) is 36.8 Å². The molecule has 0 spiro atoms. The van der Waals surface area contributed by atoms with Crippen molar-refractivity contribution in [2.45, 2.75) is 26.7 Å². The Bertz CT molecular complexity index is 496. The summed E-state index contributed by atoms with van der Waals surface area (Å²) in [6.45, 7) is 6.88. The Morgan fingerprint density at radius 1 is 1.45 bits per heavy atom. The Hall–Kier alpha value is -1.20. The van der Waals surface area contributed by atoms with Gasteiger partial charge in [-0.1, -0.05) is 12.2 Å². The van der Waals surface area contributed by atoms with Gasteiger partial charge in [0.2, 0.25) is 0 Å². The molecular formula is C15H23N3OS. The molecule has 0 saturated carbocycles. The highest BCUT2D eigenvalue weighted by Crippen LogP contribution is 2.28. The van der Waals surface area contributed by atoms with E-state index in [0.717, 1.165) is 55.2 Å². The van der Waals surface area contributed by atoms with Crippen LogP contribution in [0.15, 0.2) is 6.07 Å². The summed E-state index contributed by atoms with van der Waals surface area (Å²) in [6.07, 6.45) is 2.29. The van der Waals surface area contributed by atoms with E-state index in [-0.39, 0.29) is 0 Å². The zero-order chi connectivity index (χ0) is 14.7. The van der Waals surface area contributed by atoms with Crippen LogP contribution in [0, 0.1) is 19.8 Å². The van der Waals surface area contributed by atoms with Gasteiger partial charge >= 0.3 is 0 Å². The maximum atomic E-state index is 5.89. The lowest BCUT2D eigenvalue weighted by Crippen LogP contribution is -2.36. The molecule has 0 atom stereocenters. The van der Waals surface area contributed by atoms with Crippen molar-refractivity contribution in [1.29, 1.82) is 0 Å². The molecule has 110 valence electrons. The SMILES string of the molecule is COCC1CCN(c2cc(C)nc(C)c2C(N)=S)CC1. The predicted molar refractivity (Wildman–Crippen MR) is 86.4 cm³/mol. The molecule has 0 radical (unpaired) electrons. The molecule has 5 heteroatoms. The van der Waals surface area contributed by atoms with Crippen molar-refractivity contribution < 1.29 is 4.74 Å². The Kier molecular flexibility index (Phi) is 4.94. The van der Waals surface area contributed by atoms with Gasteiger partial charge in [-0.15, -0.1) is 0 Å².